The van der Waals surface area contributed by atoms with Crippen molar-refractivity contribution >= 4 is 17.8 Å². The summed E-state index contributed by atoms with van der Waals surface area (Å²) in [4.78, 5) is 33.3. The third kappa shape index (κ3) is 2.52. The van der Waals surface area contributed by atoms with Gasteiger partial charge >= 0.3 is 11.9 Å². The maximum absolute atomic E-state index is 11.9. The van der Waals surface area contributed by atoms with Crippen molar-refractivity contribution < 1.29 is 24.6 Å². The Morgan fingerprint density at radius 1 is 1.22 bits per heavy atom. The number of aliphatic carboxylic acids is 2. The zero-order valence-corrected chi connectivity index (χ0v) is 9.70. The second-order valence-corrected chi connectivity index (χ2v) is 4.88. The van der Waals surface area contributed by atoms with Crippen molar-refractivity contribution in [1.82, 2.24) is 5.32 Å². The molecule has 6 nitrogen and oxygen atoms in total. The first-order valence-electron chi connectivity index (χ1n) is 5.90. The van der Waals surface area contributed by atoms with Crippen LogP contribution in [0, 0.1) is 17.8 Å². The summed E-state index contributed by atoms with van der Waals surface area (Å²) in [5.41, 5.74) is 0. The molecular weight excluding hydrogens is 238 g/mol. The van der Waals surface area contributed by atoms with Gasteiger partial charge in [-0.25, -0.2) is 4.79 Å². The van der Waals surface area contributed by atoms with Gasteiger partial charge in [-0.3, -0.25) is 9.59 Å². The lowest BCUT2D eigenvalue weighted by atomic mass is 9.92. The van der Waals surface area contributed by atoms with Crippen molar-refractivity contribution in [3.05, 3.63) is 12.2 Å². The number of amides is 1. The topological polar surface area (TPSA) is 104 Å². The summed E-state index contributed by atoms with van der Waals surface area (Å²) in [6, 6.07) is -1.35. The number of allylic oxidation sites excluding steroid dienone is 2. The largest absolute Gasteiger partial charge is 0.481 e. The Kier molecular flexibility index (Phi) is 3.36. The molecule has 0 aromatic rings. The molecule has 6 heteroatoms. The van der Waals surface area contributed by atoms with E-state index in [2.05, 4.69) is 11.4 Å². The van der Waals surface area contributed by atoms with E-state index in [-0.39, 0.29) is 17.7 Å². The molecular formula is C12H15NO5. The Bertz CT molecular complexity index is 417. The van der Waals surface area contributed by atoms with Crippen LogP contribution in [0.3, 0.4) is 0 Å². The molecule has 0 aromatic heterocycles. The lowest BCUT2D eigenvalue weighted by Crippen LogP contribution is -2.45. The maximum atomic E-state index is 11.9. The lowest BCUT2D eigenvalue weighted by Gasteiger charge is -2.20. The highest BCUT2D eigenvalue weighted by Gasteiger charge is 2.40. The van der Waals surface area contributed by atoms with Crippen LogP contribution in [0.25, 0.3) is 0 Å². The van der Waals surface area contributed by atoms with E-state index >= 15 is 0 Å². The van der Waals surface area contributed by atoms with Crippen molar-refractivity contribution in [2.24, 2.45) is 17.8 Å². The molecule has 1 amide bonds. The van der Waals surface area contributed by atoms with E-state index < -0.39 is 24.4 Å². The molecule has 2 aliphatic carbocycles. The third-order valence-corrected chi connectivity index (χ3v) is 3.61. The number of hydrogen-bond donors (Lipinski definition) is 3. The Balaban J connectivity index is 1.95. The van der Waals surface area contributed by atoms with Crippen LogP contribution in [0.5, 0.6) is 0 Å². The van der Waals surface area contributed by atoms with Crippen LogP contribution in [0.4, 0.5) is 0 Å². The van der Waals surface area contributed by atoms with E-state index in [1.165, 1.54) is 0 Å². The van der Waals surface area contributed by atoms with Gasteiger partial charge in [-0.1, -0.05) is 12.2 Å². The van der Waals surface area contributed by atoms with Crippen molar-refractivity contribution in [3.63, 3.8) is 0 Å². The van der Waals surface area contributed by atoms with Crippen LogP contribution >= 0.6 is 0 Å². The minimum Gasteiger partial charge on any atom is -0.481 e. The van der Waals surface area contributed by atoms with Gasteiger partial charge in [0, 0.05) is 5.92 Å². The van der Waals surface area contributed by atoms with Gasteiger partial charge in [0.2, 0.25) is 5.91 Å². The third-order valence-electron chi connectivity index (χ3n) is 3.61. The first-order chi connectivity index (χ1) is 8.47. The van der Waals surface area contributed by atoms with Gasteiger partial charge in [0.25, 0.3) is 0 Å². The molecule has 98 valence electrons. The molecule has 0 spiro atoms. The van der Waals surface area contributed by atoms with E-state index in [1.54, 1.807) is 0 Å². The molecule has 4 atom stereocenters. The van der Waals surface area contributed by atoms with Gasteiger partial charge in [0.05, 0.1) is 6.42 Å². The van der Waals surface area contributed by atoms with Gasteiger partial charge in [0.1, 0.15) is 6.04 Å². The van der Waals surface area contributed by atoms with Crippen LogP contribution in [0.2, 0.25) is 0 Å². The Labute approximate surface area is 104 Å². The summed E-state index contributed by atoms with van der Waals surface area (Å²) >= 11 is 0. The van der Waals surface area contributed by atoms with Gasteiger partial charge < -0.3 is 15.5 Å². The fourth-order valence-electron chi connectivity index (χ4n) is 2.74. The van der Waals surface area contributed by atoms with Gasteiger partial charge in [0.15, 0.2) is 0 Å². The summed E-state index contributed by atoms with van der Waals surface area (Å²) < 4.78 is 0. The van der Waals surface area contributed by atoms with Crippen molar-refractivity contribution in [1.29, 1.82) is 0 Å². The average Bonchev–Trinajstić information content (AvgIpc) is 2.88. The molecule has 0 saturated heterocycles. The minimum atomic E-state index is -1.35. The van der Waals surface area contributed by atoms with Crippen LogP contribution in [0.1, 0.15) is 19.3 Å². The number of carbonyl (C=O) groups is 3. The van der Waals surface area contributed by atoms with Gasteiger partial charge in [-0.15, -0.1) is 0 Å². The first-order valence-corrected chi connectivity index (χ1v) is 5.90. The van der Waals surface area contributed by atoms with E-state index in [0.29, 0.717) is 5.92 Å². The molecule has 4 unspecified atom stereocenters. The molecule has 2 rings (SSSR count). The highest BCUT2D eigenvalue weighted by Crippen LogP contribution is 2.43. The fraction of sp³-hybridized carbons (Fsp3) is 0.583. The van der Waals surface area contributed by atoms with Crippen molar-refractivity contribution in [2.75, 3.05) is 0 Å². The second kappa shape index (κ2) is 4.80. The molecule has 18 heavy (non-hydrogen) atoms. The number of rotatable bonds is 5. The van der Waals surface area contributed by atoms with E-state index in [9.17, 15) is 14.4 Å². The Morgan fingerprint density at radius 2 is 1.94 bits per heavy atom. The van der Waals surface area contributed by atoms with Gasteiger partial charge in [-0.05, 0) is 24.7 Å². The summed E-state index contributed by atoms with van der Waals surface area (Å²) in [5.74, 6) is -2.53. The van der Waals surface area contributed by atoms with Crippen LogP contribution in [-0.4, -0.2) is 34.1 Å². The standard InChI is InChI=1S/C12H15NO5/c14-10(15)5-9(12(17)18)13-11(16)8-4-6-1-2-7(8)3-6/h1-2,6-9H,3-5H2,(H,13,16)(H,14,15)(H,17,18). The molecule has 1 fully saturated rings. The summed E-state index contributed by atoms with van der Waals surface area (Å²) in [6.45, 7) is 0. The predicted molar refractivity (Wildman–Crippen MR) is 60.7 cm³/mol. The molecule has 0 heterocycles. The molecule has 2 bridgehead atoms. The number of carboxylic acid groups (broad SMARTS) is 2. The molecule has 0 aliphatic heterocycles. The van der Waals surface area contributed by atoms with E-state index in [0.717, 1.165) is 12.8 Å². The highest BCUT2D eigenvalue weighted by molar-refractivity contribution is 5.88. The zero-order valence-electron chi connectivity index (χ0n) is 9.70. The zero-order chi connectivity index (χ0) is 13.3. The first kappa shape index (κ1) is 12.6. The number of nitrogens with one attached hydrogen (secondary N) is 1. The molecule has 1 saturated carbocycles. The normalized spacial score (nSPS) is 30.1. The summed E-state index contributed by atoms with van der Waals surface area (Å²) in [6.07, 6.45) is 5.14. The molecule has 0 aromatic carbocycles. The van der Waals surface area contributed by atoms with Crippen LogP contribution in [0.15, 0.2) is 12.2 Å². The van der Waals surface area contributed by atoms with Crippen LogP contribution < -0.4 is 5.32 Å². The Morgan fingerprint density at radius 3 is 2.39 bits per heavy atom. The van der Waals surface area contributed by atoms with Gasteiger partial charge in [-0.2, -0.15) is 0 Å². The maximum Gasteiger partial charge on any atom is 0.326 e. The number of carbonyl (C=O) groups excluding carboxylic acids is 1. The Hall–Kier alpha value is -1.85. The summed E-state index contributed by atoms with van der Waals surface area (Å²) in [5, 5.41) is 19.8. The number of carboxylic acids is 2. The van der Waals surface area contributed by atoms with Crippen LogP contribution in [-0.2, 0) is 14.4 Å². The quantitative estimate of drug-likeness (QED) is 0.609. The van der Waals surface area contributed by atoms with E-state index in [4.69, 9.17) is 10.2 Å². The lowest BCUT2D eigenvalue weighted by molar-refractivity contribution is -0.147. The second-order valence-electron chi connectivity index (χ2n) is 4.88. The van der Waals surface area contributed by atoms with Crippen molar-refractivity contribution in [2.45, 2.75) is 25.3 Å². The number of fused-ring (bicyclic) bond motifs is 2. The smallest absolute Gasteiger partial charge is 0.326 e. The SMILES string of the molecule is O=C(O)CC(NC(=O)C1CC2C=CC1C2)C(=O)O. The highest BCUT2D eigenvalue weighted by atomic mass is 16.4. The fourth-order valence-corrected chi connectivity index (χ4v) is 2.74. The minimum absolute atomic E-state index is 0.175. The summed E-state index contributed by atoms with van der Waals surface area (Å²) in [7, 11) is 0. The monoisotopic (exact) mass is 253 g/mol. The molecule has 0 radical (unpaired) electrons. The predicted octanol–water partition coefficient (Wildman–Crippen LogP) is 0.243. The molecule has 2 aliphatic rings. The van der Waals surface area contributed by atoms with Crippen molar-refractivity contribution in [3.8, 4) is 0 Å². The average molecular weight is 253 g/mol. The number of hydrogen-bond acceptors (Lipinski definition) is 3. The molecule has 3 N–H and O–H groups in total. The van der Waals surface area contributed by atoms with E-state index in [1.807, 2.05) is 6.08 Å².